The summed E-state index contributed by atoms with van der Waals surface area (Å²) in [4.78, 5) is 0. The molecule has 1 aliphatic heterocycles. The van der Waals surface area contributed by atoms with Crippen LogP contribution >= 0.6 is 0 Å². The largest absolute Gasteiger partial charge is 0.507 e. The summed E-state index contributed by atoms with van der Waals surface area (Å²) in [6, 6.07) is 1.95. The molecule has 2 nitrogen and oxygen atoms in total. The van der Waals surface area contributed by atoms with Crippen LogP contribution in [-0.2, 0) is 6.42 Å². The Hall–Kier alpha value is -1.16. The van der Waals surface area contributed by atoms with Crippen molar-refractivity contribution in [2.24, 2.45) is 0 Å². The van der Waals surface area contributed by atoms with Crippen LogP contribution in [0.2, 0.25) is 0 Å². The number of halogens is 2. The Labute approximate surface area is 86.9 Å². The molecule has 15 heavy (non-hydrogen) atoms. The zero-order chi connectivity index (χ0) is 10.8. The third-order valence-electron chi connectivity index (χ3n) is 2.75. The maximum absolute atomic E-state index is 13.3. The normalized spacial score (nSPS) is 20.8. The lowest BCUT2D eigenvalue weighted by atomic mass is 10.0. The second kappa shape index (κ2) is 4.14. The van der Waals surface area contributed by atoms with Crippen molar-refractivity contribution in [1.29, 1.82) is 0 Å². The highest BCUT2D eigenvalue weighted by Gasteiger charge is 2.19. The second-order valence-corrected chi connectivity index (χ2v) is 3.88. The summed E-state index contributed by atoms with van der Waals surface area (Å²) in [5, 5.41) is 12.6. The van der Waals surface area contributed by atoms with Crippen molar-refractivity contribution >= 4 is 0 Å². The first-order valence-electron chi connectivity index (χ1n) is 5.07. The SMILES string of the molecule is Oc1cc(F)cc(F)c1CC1CCCN1. The third-order valence-corrected chi connectivity index (χ3v) is 2.75. The smallest absolute Gasteiger partial charge is 0.133 e. The van der Waals surface area contributed by atoms with Gasteiger partial charge in [0.25, 0.3) is 0 Å². The Balaban J connectivity index is 2.19. The lowest BCUT2D eigenvalue weighted by Gasteiger charge is -2.12. The van der Waals surface area contributed by atoms with E-state index < -0.39 is 11.6 Å². The van der Waals surface area contributed by atoms with Crippen molar-refractivity contribution < 1.29 is 13.9 Å². The minimum atomic E-state index is -0.742. The predicted molar refractivity (Wildman–Crippen MR) is 52.8 cm³/mol. The van der Waals surface area contributed by atoms with Crippen LogP contribution in [-0.4, -0.2) is 17.7 Å². The molecule has 0 amide bonds. The van der Waals surface area contributed by atoms with Gasteiger partial charge < -0.3 is 10.4 Å². The van der Waals surface area contributed by atoms with Crippen LogP contribution in [0.25, 0.3) is 0 Å². The van der Waals surface area contributed by atoms with E-state index in [4.69, 9.17) is 0 Å². The molecule has 1 aromatic carbocycles. The number of rotatable bonds is 2. The first kappa shape index (κ1) is 10.4. The van der Waals surface area contributed by atoms with Gasteiger partial charge in [0.15, 0.2) is 0 Å². The standard InChI is InChI=1S/C11H13F2NO/c12-7-4-10(13)9(11(15)5-7)6-8-2-1-3-14-8/h4-5,8,14-15H,1-3,6H2. The Morgan fingerprint density at radius 1 is 1.40 bits per heavy atom. The molecule has 0 saturated carbocycles. The predicted octanol–water partition coefficient (Wildman–Crippen LogP) is 1.96. The molecule has 1 aliphatic rings. The van der Waals surface area contributed by atoms with E-state index in [0.717, 1.165) is 31.5 Å². The van der Waals surface area contributed by atoms with Gasteiger partial charge in [-0.1, -0.05) is 0 Å². The zero-order valence-electron chi connectivity index (χ0n) is 8.26. The van der Waals surface area contributed by atoms with Gasteiger partial charge in [0.2, 0.25) is 0 Å². The topological polar surface area (TPSA) is 32.3 Å². The van der Waals surface area contributed by atoms with E-state index in [1.165, 1.54) is 0 Å². The molecule has 1 heterocycles. The third kappa shape index (κ3) is 2.26. The summed E-state index contributed by atoms with van der Waals surface area (Å²) in [7, 11) is 0. The quantitative estimate of drug-likeness (QED) is 0.787. The summed E-state index contributed by atoms with van der Waals surface area (Å²) < 4.78 is 26.0. The van der Waals surface area contributed by atoms with E-state index >= 15 is 0 Å². The first-order valence-corrected chi connectivity index (χ1v) is 5.07. The number of benzene rings is 1. The number of aromatic hydroxyl groups is 1. The van der Waals surface area contributed by atoms with E-state index in [2.05, 4.69) is 5.32 Å². The molecule has 1 unspecified atom stereocenters. The van der Waals surface area contributed by atoms with Crippen molar-refractivity contribution in [1.82, 2.24) is 5.32 Å². The fourth-order valence-electron chi connectivity index (χ4n) is 1.97. The van der Waals surface area contributed by atoms with Crippen molar-refractivity contribution in [3.63, 3.8) is 0 Å². The van der Waals surface area contributed by atoms with Crippen LogP contribution in [0.4, 0.5) is 8.78 Å². The summed E-state index contributed by atoms with van der Waals surface area (Å²) >= 11 is 0. The number of phenolic OH excluding ortho intramolecular Hbond substituents is 1. The lowest BCUT2D eigenvalue weighted by Crippen LogP contribution is -2.24. The molecule has 2 rings (SSSR count). The van der Waals surface area contributed by atoms with Crippen molar-refractivity contribution in [3.8, 4) is 5.75 Å². The van der Waals surface area contributed by atoms with E-state index in [1.807, 2.05) is 0 Å². The van der Waals surface area contributed by atoms with E-state index in [1.54, 1.807) is 0 Å². The van der Waals surface area contributed by atoms with Gasteiger partial charge in [-0.15, -0.1) is 0 Å². The molecule has 1 atom stereocenters. The van der Waals surface area contributed by atoms with E-state index in [-0.39, 0.29) is 17.4 Å². The Morgan fingerprint density at radius 2 is 2.20 bits per heavy atom. The number of phenols is 1. The second-order valence-electron chi connectivity index (χ2n) is 3.88. The molecule has 1 fully saturated rings. The average Bonchev–Trinajstić information content (AvgIpc) is 2.63. The fraction of sp³-hybridized carbons (Fsp3) is 0.455. The van der Waals surface area contributed by atoms with Gasteiger partial charge in [-0.3, -0.25) is 0 Å². The molecule has 1 aromatic rings. The fourth-order valence-corrected chi connectivity index (χ4v) is 1.97. The number of hydrogen-bond donors (Lipinski definition) is 2. The highest BCUT2D eigenvalue weighted by Crippen LogP contribution is 2.25. The maximum Gasteiger partial charge on any atom is 0.133 e. The van der Waals surface area contributed by atoms with E-state index in [9.17, 15) is 13.9 Å². The molecule has 4 heteroatoms. The summed E-state index contributed by atoms with van der Waals surface area (Å²) in [5.74, 6) is -1.70. The molecule has 1 saturated heterocycles. The minimum Gasteiger partial charge on any atom is -0.507 e. The number of nitrogens with one attached hydrogen (secondary N) is 1. The molecule has 0 radical (unpaired) electrons. The molecular formula is C11H13F2NO. The van der Waals surface area contributed by atoms with Crippen LogP contribution in [0.15, 0.2) is 12.1 Å². The van der Waals surface area contributed by atoms with Gasteiger partial charge >= 0.3 is 0 Å². The molecule has 0 bridgehead atoms. The van der Waals surface area contributed by atoms with Crippen LogP contribution in [0.5, 0.6) is 5.75 Å². The van der Waals surface area contributed by atoms with Gasteiger partial charge in [0.1, 0.15) is 17.4 Å². The lowest BCUT2D eigenvalue weighted by molar-refractivity contribution is 0.442. The van der Waals surface area contributed by atoms with Gasteiger partial charge in [0.05, 0.1) is 0 Å². The zero-order valence-corrected chi connectivity index (χ0v) is 8.26. The summed E-state index contributed by atoms with van der Waals surface area (Å²) in [6.07, 6.45) is 2.45. The van der Waals surface area contributed by atoms with Crippen LogP contribution in [0.3, 0.4) is 0 Å². The minimum absolute atomic E-state index is 0.191. The average molecular weight is 213 g/mol. The van der Waals surface area contributed by atoms with Gasteiger partial charge in [-0.05, 0) is 25.8 Å². The van der Waals surface area contributed by atoms with Crippen LogP contribution in [0, 0.1) is 11.6 Å². The Morgan fingerprint density at radius 3 is 2.80 bits per heavy atom. The van der Waals surface area contributed by atoms with Gasteiger partial charge in [0, 0.05) is 23.7 Å². The van der Waals surface area contributed by atoms with Gasteiger partial charge in [-0.25, -0.2) is 8.78 Å². The molecule has 0 aliphatic carbocycles. The Kier molecular flexibility index (Phi) is 2.86. The number of hydrogen-bond acceptors (Lipinski definition) is 2. The van der Waals surface area contributed by atoms with Crippen LogP contribution in [0.1, 0.15) is 18.4 Å². The Bertz CT molecular complexity index is 339. The highest BCUT2D eigenvalue weighted by atomic mass is 19.1. The first-order chi connectivity index (χ1) is 7.16. The molecular weight excluding hydrogens is 200 g/mol. The van der Waals surface area contributed by atoms with Crippen molar-refractivity contribution in [2.45, 2.75) is 25.3 Å². The maximum atomic E-state index is 13.3. The highest BCUT2D eigenvalue weighted by molar-refractivity contribution is 5.34. The van der Waals surface area contributed by atoms with Gasteiger partial charge in [-0.2, -0.15) is 0 Å². The monoisotopic (exact) mass is 213 g/mol. The summed E-state index contributed by atoms with van der Waals surface area (Å²) in [5.41, 5.74) is 0.204. The summed E-state index contributed by atoms with van der Waals surface area (Å²) in [6.45, 7) is 0.925. The molecule has 82 valence electrons. The molecule has 0 spiro atoms. The van der Waals surface area contributed by atoms with Crippen LogP contribution < -0.4 is 5.32 Å². The molecule has 2 N–H and O–H groups in total. The van der Waals surface area contributed by atoms with Crippen molar-refractivity contribution in [2.75, 3.05) is 6.54 Å². The van der Waals surface area contributed by atoms with Crippen molar-refractivity contribution in [3.05, 3.63) is 29.3 Å². The molecule has 0 aromatic heterocycles. The van der Waals surface area contributed by atoms with E-state index in [0.29, 0.717) is 6.42 Å².